The zero-order valence-corrected chi connectivity index (χ0v) is 19.6. The fourth-order valence-corrected chi connectivity index (χ4v) is 5.03. The lowest BCUT2D eigenvalue weighted by Crippen LogP contribution is -2.47. The summed E-state index contributed by atoms with van der Waals surface area (Å²) in [6.45, 7) is 0.535. The lowest BCUT2D eigenvalue weighted by molar-refractivity contribution is 0.0919. The number of carbonyl (C=O) groups is 1. The third-order valence-corrected chi connectivity index (χ3v) is 7.38. The minimum atomic E-state index is -3.30. The minimum Gasteiger partial charge on any atom is -0.505 e. The normalized spacial score (nSPS) is 15.5. The van der Waals surface area contributed by atoms with E-state index >= 15 is 0 Å². The molecule has 2 N–H and O–H groups in total. The Bertz CT molecular complexity index is 1410. The van der Waals surface area contributed by atoms with Crippen LogP contribution in [0.4, 0.5) is 4.39 Å². The Hall–Kier alpha value is -3.31. The smallest absolute Gasteiger partial charge is 0.267 e. The van der Waals surface area contributed by atoms with Crippen LogP contribution in [0, 0.1) is 5.82 Å². The van der Waals surface area contributed by atoms with E-state index in [2.05, 4.69) is 10.3 Å². The molecule has 0 atom stereocenters. The predicted molar refractivity (Wildman–Crippen MR) is 125 cm³/mol. The SMILES string of the molecule is Cn1c(=O)c(C(=O)NC2CCN(S(C)(=O)=O)CC2)c(O)c2ncc(Cc3ccc(F)cc3)cc21. The number of aromatic hydroxyl groups is 1. The van der Waals surface area contributed by atoms with E-state index in [1.807, 2.05) is 0 Å². The van der Waals surface area contributed by atoms with E-state index in [9.17, 15) is 27.5 Å². The average Bonchev–Trinajstić information content (AvgIpc) is 2.79. The van der Waals surface area contributed by atoms with Crippen LogP contribution in [-0.4, -0.2) is 58.7 Å². The van der Waals surface area contributed by atoms with Gasteiger partial charge in [-0.15, -0.1) is 0 Å². The van der Waals surface area contributed by atoms with Crippen molar-refractivity contribution in [3.8, 4) is 5.75 Å². The number of aryl methyl sites for hydroxylation is 1. The maximum absolute atomic E-state index is 13.2. The average molecular weight is 489 g/mol. The van der Waals surface area contributed by atoms with Crippen LogP contribution >= 0.6 is 0 Å². The summed E-state index contributed by atoms with van der Waals surface area (Å²) >= 11 is 0. The van der Waals surface area contributed by atoms with Gasteiger partial charge in [0.1, 0.15) is 16.9 Å². The molecule has 1 fully saturated rings. The lowest BCUT2D eigenvalue weighted by atomic mass is 10.0. The summed E-state index contributed by atoms with van der Waals surface area (Å²) in [4.78, 5) is 30.1. The van der Waals surface area contributed by atoms with Crippen LogP contribution in [0.2, 0.25) is 0 Å². The van der Waals surface area contributed by atoms with Crippen molar-refractivity contribution >= 4 is 27.0 Å². The second-order valence-corrected chi connectivity index (χ2v) is 10.5. The highest BCUT2D eigenvalue weighted by Crippen LogP contribution is 2.26. The van der Waals surface area contributed by atoms with Gasteiger partial charge in [0.05, 0.1) is 11.8 Å². The number of nitrogens with one attached hydrogen (secondary N) is 1. The van der Waals surface area contributed by atoms with E-state index < -0.39 is 32.8 Å². The van der Waals surface area contributed by atoms with Gasteiger partial charge in [-0.2, -0.15) is 0 Å². The Morgan fingerprint density at radius 3 is 2.47 bits per heavy atom. The molecular weight excluding hydrogens is 463 g/mol. The largest absolute Gasteiger partial charge is 0.505 e. The van der Waals surface area contributed by atoms with Gasteiger partial charge >= 0.3 is 0 Å². The first-order valence-corrected chi connectivity index (χ1v) is 12.6. The summed E-state index contributed by atoms with van der Waals surface area (Å²) in [6.07, 6.45) is 3.93. The van der Waals surface area contributed by atoms with Crippen molar-refractivity contribution in [3.05, 3.63) is 69.4 Å². The van der Waals surface area contributed by atoms with Gasteiger partial charge < -0.3 is 15.0 Å². The van der Waals surface area contributed by atoms with Crippen molar-refractivity contribution < 1.29 is 22.7 Å². The zero-order valence-electron chi connectivity index (χ0n) is 18.8. The third kappa shape index (κ3) is 4.80. The van der Waals surface area contributed by atoms with Crippen LogP contribution in [0.15, 0.2) is 41.3 Å². The Morgan fingerprint density at radius 2 is 1.85 bits per heavy atom. The molecule has 0 aliphatic carbocycles. The maximum atomic E-state index is 13.2. The van der Waals surface area contributed by atoms with Gasteiger partial charge in [-0.25, -0.2) is 17.1 Å². The number of hydrogen-bond acceptors (Lipinski definition) is 6. The summed E-state index contributed by atoms with van der Waals surface area (Å²) in [5, 5.41) is 13.5. The van der Waals surface area contributed by atoms with Crippen LogP contribution in [0.1, 0.15) is 34.3 Å². The number of amides is 1. The van der Waals surface area contributed by atoms with Crippen LogP contribution in [0.3, 0.4) is 0 Å². The number of carbonyl (C=O) groups excluding carboxylic acids is 1. The molecule has 3 heterocycles. The van der Waals surface area contributed by atoms with Gasteiger partial charge in [0.25, 0.3) is 11.5 Å². The van der Waals surface area contributed by atoms with Gasteiger partial charge in [-0.3, -0.25) is 14.6 Å². The van der Waals surface area contributed by atoms with Crippen molar-refractivity contribution in [2.75, 3.05) is 19.3 Å². The highest BCUT2D eigenvalue weighted by atomic mass is 32.2. The number of nitrogens with zero attached hydrogens (tertiary/aromatic N) is 3. The molecule has 0 unspecified atom stereocenters. The zero-order chi connectivity index (χ0) is 24.6. The van der Waals surface area contributed by atoms with Gasteiger partial charge in [-0.1, -0.05) is 12.1 Å². The second-order valence-electron chi connectivity index (χ2n) is 8.51. The maximum Gasteiger partial charge on any atom is 0.267 e. The molecule has 1 aliphatic rings. The molecule has 1 saturated heterocycles. The first-order valence-electron chi connectivity index (χ1n) is 10.8. The first kappa shape index (κ1) is 23.8. The fourth-order valence-electron chi connectivity index (χ4n) is 4.16. The molecule has 0 radical (unpaired) electrons. The number of halogens is 1. The molecule has 1 aliphatic heterocycles. The van der Waals surface area contributed by atoms with E-state index in [1.54, 1.807) is 24.4 Å². The molecule has 4 rings (SSSR count). The number of benzene rings is 1. The van der Waals surface area contributed by atoms with Crippen molar-refractivity contribution in [2.24, 2.45) is 7.05 Å². The monoisotopic (exact) mass is 488 g/mol. The molecule has 180 valence electrons. The van der Waals surface area contributed by atoms with E-state index in [0.29, 0.717) is 24.8 Å². The summed E-state index contributed by atoms with van der Waals surface area (Å²) in [5.74, 6) is -1.56. The topological polar surface area (TPSA) is 122 Å². The molecule has 34 heavy (non-hydrogen) atoms. The lowest BCUT2D eigenvalue weighted by Gasteiger charge is -2.30. The Morgan fingerprint density at radius 1 is 1.21 bits per heavy atom. The van der Waals surface area contributed by atoms with Gasteiger partial charge in [-0.05, 0) is 48.6 Å². The predicted octanol–water partition coefficient (Wildman–Crippen LogP) is 1.52. The third-order valence-electron chi connectivity index (χ3n) is 6.07. The standard InChI is InChI=1S/C23H25FN4O5S/c1-27-18-12-15(11-14-3-5-16(24)6-4-14)13-25-20(18)21(29)19(23(27)31)22(30)26-17-7-9-28(10-8-17)34(2,32)33/h3-6,12-13,17,29H,7-11H2,1-2H3,(H,26,30). The summed E-state index contributed by atoms with van der Waals surface area (Å²) in [7, 11) is -1.80. The molecule has 1 aromatic carbocycles. The number of sulfonamides is 1. The number of piperidine rings is 1. The highest BCUT2D eigenvalue weighted by Gasteiger charge is 2.28. The van der Waals surface area contributed by atoms with E-state index in [0.717, 1.165) is 17.4 Å². The highest BCUT2D eigenvalue weighted by molar-refractivity contribution is 7.88. The minimum absolute atomic E-state index is 0.113. The first-order chi connectivity index (χ1) is 16.0. The molecule has 2 aromatic heterocycles. The molecule has 0 spiro atoms. The van der Waals surface area contributed by atoms with Crippen LogP contribution in [-0.2, 0) is 23.5 Å². The number of aromatic nitrogens is 2. The summed E-state index contributed by atoms with van der Waals surface area (Å²) in [5.41, 5.74) is 1.01. The molecule has 1 amide bonds. The van der Waals surface area contributed by atoms with Gasteiger partial charge in [0.2, 0.25) is 10.0 Å². The van der Waals surface area contributed by atoms with E-state index in [1.165, 1.54) is 28.1 Å². The van der Waals surface area contributed by atoms with Gasteiger partial charge in [0, 0.05) is 32.4 Å². The number of fused-ring (bicyclic) bond motifs is 1. The molecule has 9 nitrogen and oxygen atoms in total. The van der Waals surface area contributed by atoms with Crippen LogP contribution in [0.5, 0.6) is 5.75 Å². The Labute approximate surface area is 195 Å². The van der Waals surface area contributed by atoms with E-state index in [4.69, 9.17) is 0 Å². The number of rotatable bonds is 5. The second kappa shape index (κ2) is 9.15. The fraction of sp³-hybridized carbons (Fsp3) is 0.348. The van der Waals surface area contributed by atoms with Crippen molar-refractivity contribution in [1.29, 1.82) is 0 Å². The molecular formula is C23H25FN4O5S. The van der Waals surface area contributed by atoms with Crippen molar-refractivity contribution in [1.82, 2.24) is 19.2 Å². The van der Waals surface area contributed by atoms with Crippen LogP contribution in [0.25, 0.3) is 11.0 Å². The Balaban J connectivity index is 1.58. The van der Waals surface area contributed by atoms with Gasteiger partial charge in [0.15, 0.2) is 5.75 Å². The quantitative estimate of drug-likeness (QED) is 0.562. The molecule has 3 aromatic rings. The number of pyridine rings is 2. The summed E-state index contributed by atoms with van der Waals surface area (Å²) in [6, 6.07) is 7.42. The summed E-state index contributed by atoms with van der Waals surface area (Å²) < 4.78 is 39.1. The molecule has 11 heteroatoms. The molecule has 0 saturated carbocycles. The van der Waals surface area contributed by atoms with Crippen LogP contribution < -0.4 is 10.9 Å². The van der Waals surface area contributed by atoms with Crippen molar-refractivity contribution in [2.45, 2.75) is 25.3 Å². The number of hydrogen-bond donors (Lipinski definition) is 2. The van der Waals surface area contributed by atoms with E-state index in [-0.39, 0.29) is 30.5 Å². The van der Waals surface area contributed by atoms with Crippen molar-refractivity contribution in [3.63, 3.8) is 0 Å². The Kier molecular flexibility index (Phi) is 6.41. The molecule has 0 bridgehead atoms.